The molecule has 0 radical (unpaired) electrons. The maximum absolute atomic E-state index is 12.9. The molecule has 4 rings (SSSR count). The number of hydrogen-bond acceptors (Lipinski definition) is 5. The number of nitrogens with one attached hydrogen (secondary N) is 1. The van der Waals surface area contributed by atoms with Crippen LogP contribution in [0.3, 0.4) is 0 Å². The molecule has 7 heteroatoms. The fourth-order valence-corrected chi connectivity index (χ4v) is 3.90. The Labute approximate surface area is 139 Å². The second-order valence-electron chi connectivity index (χ2n) is 6.56. The number of carbonyl (C=O) groups is 2. The highest BCUT2D eigenvalue weighted by Crippen LogP contribution is 2.44. The van der Waals surface area contributed by atoms with E-state index in [4.69, 9.17) is 14.7 Å². The van der Waals surface area contributed by atoms with Gasteiger partial charge in [0.05, 0.1) is 12.6 Å². The molecule has 128 valence electrons. The summed E-state index contributed by atoms with van der Waals surface area (Å²) in [5, 5.41) is 8.76. The van der Waals surface area contributed by atoms with Crippen LogP contribution in [0.25, 0.3) is 0 Å². The molecule has 7 nitrogen and oxygen atoms in total. The molecule has 24 heavy (non-hydrogen) atoms. The Morgan fingerprint density at radius 3 is 2.79 bits per heavy atom. The van der Waals surface area contributed by atoms with Crippen molar-refractivity contribution in [2.24, 2.45) is 5.92 Å². The van der Waals surface area contributed by atoms with Crippen molar-refractivity contribution in [3.05, 3.63) is 29.3 Å². The van der Waals surface area contributed by atoms with Gasteiger partial charge in [-0.15, -0.1) is 0 Å². The van der Waals surface area contributed by atoms with Crippen LogP contribution < -0.4 is 10.2 Å². The Morgan fingerprint density at radius 2 is 2.04 bits per heavy atom. The molecule has 0 aromatic heterocycles. The Hall–Kier alpha value is -2.12. The Bertz CT molecular complexity index is 671. The van der Waals surface area contributed by atoms with Crippen LogP contribution in [0, 0.1) is 5.92 Å². The smallest absolute Gasteiger partial charge is 0.274 e. The lowest BCUT2D eigenvalue weighted by Gasteiger charge is -2.31. The number of nitrogens with zero attached hydrogens (tertiary/aromatic N) is 1. The molecule has 2 fully saturated rings. The molecule has 1 aromatic carbocycles. The van der Waals surface area contributed by atoms with Crippen molar-refractivity contribution in [2.45, 2.75) is 31.4 Å². The molecule has 2 amide bonds. The molecule has 0 saturated carbocycles. The average molecular weight is 332 g/mol. The van der Waals surface area contributed by atoms with E-state index in [-0.39, 0.29) is 24.0 Å². The second kappa shape index (κ2) is 6.07. The highest BCUT2D eigenvalue weighted by Gasteiger charge is 2.44. The van der Waals surface area contributed by atoms with Crippen LogP contribution in [0.4, 0.5) is 0 Å². The van der Waals surface area contributed by atoms with Gasteiger partial charge in [0.25, 0.3) is 5.91 Å². The fourth-order valence-electron chi connectivity index (χ4n) is 3.90. The lowest BCUT2D eigenvalue weighted by atomic mass is 9.95. The van der Waals surface area contributed by atoms with Gasteiger partial charge in [0.2, 0.25) is 5.91 Å². The number of amides is 2. The third-order valence-electron chi connectivity index (χ3n) is 5.15. The van der Waals surface area contributed by atoms with Crippen molar-refractivity contribution in [2.75, 3.05) is 19.8 Å². The van der Waals surface area contributed by atoms with Crippen LogP contribution in [0.15, 0.2) is 18.2 Å². The third-order valence-corrected chi connectivity index (χ3v) is 5.15. The number of likely N-dealkylation sites (tertiary alicyclic amines) is 1. The predicted molar refractivity (Wildman–Crippen MR) is 82.7 cm³/mol. The number of hydrogen-bond donors (Lipinski definition) is 2. The highest BCUT2D eigenvalue weighted by molar-refractivity contribution is 5.94. The molecule has 0 spiro atoms. The lowest BCUT2D eigenvalue weighted by molar-refractivity contribution is -0.139. The van der Waals surface area contributed by atoms with Gasteiger partial charge in [-0.05, 0) is 25.0 Å². The summed E-state index contributed by atoms with van der Waals surface area (Å²) in [6.07, 6.45) is 2.29. The van der Waals surface area contributed by atoms with E-state index in [9.17, 15) is 9.59 Å². The SMILES string of the molecule is O=C(NO)c1ccc2c(c1)OC1CC2N(C(=O)C2CCOCC2)C1. The first-order chi connectivity index (χ1) is 11.7. The van der Waals surface area contributed by atoms with Crippen molar-refractivity contribution in [1.29, 1.82) is 0 Å². The number of rotatable bonds is 2. The minimum absolute atomic E-state index is 0.000308. The minimum Gasteiger partial charge on any atom is -0.488 e. The summed E-state index contributed by atoms with van der Waals surface area (Å²) in [6, 6.07) is 5.09. The van der Waals surface area contributed by atoms with E-state index in [1.54, 1.807) is 17.6 Å². The summed E-state index contributed by atoms with van der Waals surface area (Å²) in [5.41, 5.74) is 2.89. The normalized spacial score (nSPS) is 25.8. The van der Waals surface area contributed by atoms with Gasteiger partial charge in [0, 0.05) is 36.7 Å². The quantitative estimate of drug-likeness (QED) is 0.629. The Balaban J connectivity index is 1.59. The number of hydroxylamine groups is 1. The van der Waals surface area contributed by atoms with Crippen molar-refractivity contribution in [3.63, 3.8) is 0 Å². The first kappa shape index (κ1) is 15.4. The van der Waals surface area contributed by atoms with E-state index in [1.807, 2.05) is 11.0 Å². The monoisotopic (exact) mass is 332 g/mol. The van der Waals surface area contributed by atoms with Crippen LogP contribution >= 0.6 is 0 Å². The van der Waals surface area contributed by atoms with E-state index in [0.29, 0.717) is 31.1 Å². The van der Waals surface area contributed by atoms with Gasteiger partial charge in [-0.25, -0.2) is 5.48 Å². The maximum atomic E-state index is 12.9. The van der Waals surface area contributed by atoms with Crippen LogP contribution in [0.2, 0.25) is 0 Å². The molecule has 2 bridgehead atoms. The zero-order chi connectivity index (χ0) is 16.7. The molecule has 3 aliphatic heterocycles. The summed E-state index contributed by atoms with van der Waals surface area (Å²) < 4.78 is 11.3. The molecule has 2 saturated heterocycles. The first-order valence-electron chi connectivity index (χ1n) is 8.30. The summed E-state index contributed by atoms with van der Waals surface area (Å²) in [6.45, 7) is 1.87. The zero-order valence-electron chi connectivity index (χ0n) is 13.2. The molecule has 3 heterocycles. The van der Waals surface area contributed by atoms with Gasteiger partial charge < -0.3 is 14.4 Å². The largest absolute Gasteiger partial charge is 0.488 e. The topological polar surface area (TPSA) is 88.1 Å². The average Bonchev–Trinajstić information content (AvgIpc) is 2.98. The number of benzene rings is 1. The van der Waals surface area contributed by atoms with E-state index in [2.05, 4.69) is 0 Å². The van der Waals surface area contributed by atoms with E-state index >= 15 is 0 Å². The molecular formula is C17H20N2O5. The summed E-state index contributed by atoms with van der Waals surface area (Å²) >= 11 is 0. The maximum Gasteiger partial charge on any atom is 0.274 e. The van der Waals surface area contributed by atoms with Gasteiger partial charge in [0.1, 0.15) is 11.9 Å². The third kappa shape index (κ3) is 2.53. The summed E-state index contributed by atoms with van der Waals surface area (Å²) in [4.78, 5) is 26.4. The van der Waals surface area contributed by atoms with Gasteiger partial charge in [-0.1, -0.05) is 6.07 Å². The lowest BCUT2D eigenvalue weighted by Crippen LogP contribution is -2.38. The number of carbonyl (C=O) groups excluding carboxylic acids is 2. The molecule has 2 N–H and O–H groups in total. The molecule has 2 unspecified atom stereocenters. The van der Waals surface area contributed by atoms with Crippen molar-refractivity contribution >= 4 is 11.8 Å². The second-order valence-corrected chi connectivity index (χ2v) is 6.56. The number of ether oxygens (including phenoxy) is 2. The molecule has 1 aromatic rings. The van der Waals surface area contributed by atoms with Crippen LogP contribution in [-0.2, 0) is 9.53 Å². The number of fused-ring (bicyclic) bond motifs is 4. The van der Waals surface area contributed by atoms with E-state index in [0.717, 1.165) is 24.8 Å². The Kier molecular flexibility index (Phi) is 3.90. The highest BCUT2D eigenvalue weighted by atomic mass is 16.5. The zero-order valence-corrected chi connectivity index (χ0v) is 13.2. The van der Waals surface area contributed by atoms with Gasteiger partial charge in [-0.2, -0.15) is 0 Å². The van der Waals surface area contributed by atoms with Crippen molar-refractivity contribution in [3.8, 4) is 5.75 Å². The summed E-state index contributed by atoms with van der Waals surface area (Å²) in [5.74, 6) is 0.259. The van der Waals surface area contributed by atoms with Crippen LogP contribution in [0.1, 0.15) is 41.2 Å². The van der Waals surface area contributed by atoms with Crippen molar-refractivity contribution in [1.82, 2.24) is 10.4 Å². The van der Waals surface area contributed by atoms with Crippen molar-refractivity contribution < 1.29 is 24.3 Å². The first-order valence-corrected chi connectivity index (χ1v) is 8.30. The molecule has 3 aliphatic rings. The van der Waals surface area contributed by atoms with Crippen LogP contribution in [0.5, 0.6) is 5.75 Å². The van der Waals surface area contributed by atoms with Gasteiger partial charge >= 0.3 is 0 Å². The van der Waals surface area contributed by atoms with E-state index < -0.39 is 5.91 Å². The van der Waals surface area contributed by atoms with Gasteiger partial charge in [0.15, 0.2) is 0 Å². The standard InChI is InChI=1S/C17H20N2O5/c20-16(18-22)11-1-2-13-14-8-12(24-15(13)7-11)9-19(14)17(21)10-3-5-23-6-4-10/h1-2,7,10,12,14,22H,3-6,8-9H2,(H,18,20). The fraction of sp³-hybridized carbons (Fsp3) is 0.529. The minimum atomic E-state index is -0.575. The van der Waals surface area contributed by atoms with Gasteiger partial charge in [-0.3, -0.25) is 14.8 Å². The Morgan fingerprint density at radius 1 is 1.25 bits per heavy atom. The predicted octanol–water partition coefficient (Wildman–Crippen LogP) is 1.27. The molecular weight excluding hydrogens is 312 g/mol. The summed E-state index contributed by atoms with van der Waals surface area (Å²) in [7, 11) is 0. The molecule has 0 aliphatic carbocycles. The van der Waals surface area contributed by atoms with Crippen LogP contribution in [-0.4, -0.2) is 47.8 Å². The van der Waals surface area contributed by atoms with E-state index in [1.165, 1.54) is 0 Å². The molecule has 2 atom stereocenters.